The Bertz CT molecular complexity index is 351. The van der Waals surface area contributed by atoms with E-state index in [0.29, 0.717) is 16.6 Å². The van der Waals surface area contributed by atoms with Gasteiger partial charge in [-0.3, -0.25) is 0 Å². The Hall–Kier alpha value is -0.440. The lowest BCUT2D eigenvalue weighted by molar-refractivity contribution is 0.358. The molecule has 0 aliphatic carbocycles. The van der Waals surface area contributed by atoms with Crippen molar-refractivity contribution in [1.29, 1.82) is 0 Å². The molecule has 0 fully saturated rings. The predicted octanol–water partition coefficient (Wildman–Crippen LogP) is 3.78. The first-order valence-electron chi connectivity index (χ1n) is 5.33. The lowest BCUT2D eigenvalue weighted by Crippen LogP contribution is -2.26. The first-order chi connectivity index (χ1) is 7.44. The van der Waals surface area contributed by atoms with Crippen LogP contribution < -0.4 is 11.1 Å². The summed E-state index contributed by atoms with van der Waals surface area (Å²) in [6.07, 6.45) is 1.02. The van der Waals surface area contributed by atoms with Crippen molar-refractivity contribution in [1.82, 2.24) is 0 Å². The summed E-state index contributed by atoms with van der Waals surface area (Å²) in [5.41, 5.74) is 6.82. The molecule has 1 aromatic carbocycles. The third kappa shape index (κ3) is 4.20. The second-order valence-corrected chi connectivity index (χ2v) is 5.49. The molecular formula is C12H18Cl2N2. The fraction of sp³-hybridized carbons (Fsp3) is 0.500. The number of nitrogens with one attached hydrogen (secondary N) is 1. The molecule has 0 amide bonds. The fourth-order valence-corrected chi connectivity index (χ4v) is 1.55. The summed E-state index contributed by atoms with van der Waals surface area (Å²) in [6, 6.07) is 5.54. The van der Waals surface area contributed by atoms with E-state index >= 15 is 0 Å². The number of halogens is 2. The van der Waals surface area contributed by atoms with Crippen molar-refractivity contribution in [2.75, 3.05) is 18.4 Å². The Morgan fingerprint density at radius 2 is 1.94 bits per heavy atom. The van der Waals surface area contributed by atoms with Crippen LogP contribution in [0.5, 0.6) is 0 Å². The maximum absolute atomic E-state index is 5.92. The predicted molar refractivity (Wildman–Crippen MR) is 72.4 cm³/mol. The quantitative estimate of drug-likeness (QED) is 0.846. The van der Waals surface area contributed by atoms with Crippen LogP contribution in [0, 0.1) is 5.41 Å². The molecule has 0 aliphatic heterocycles. The molecule has 0 bridgehead atoms. The van der Waals surface area contributed by atoms with Crippen LogP contribution >= 0.6 is 23.2 Å². The molecule has 1 rings (SSSR count). The molecule has 0 saturated carbocycles. The molecule has 0 atom stereocenters. The molecule has 16 heavy (non-hydrogen) atoms. The van der Waals surface area contributed by atoms with Gasteiger partial charge < -0.3 is 11.1 Å². The molecule has 0 spiro atoms. The van der Waals surface area contributed by atoms with E-state index in [9.17, 15) is 0 Å². The average molecular weight is 261 g/mol. The van der Waals surface area contributed by atoms with Gasteiger partial charge in [0.05, 0.1) is 10.0 Å². The highest BCUT2D eigenvalue weighted by Crippen LogP contribution is 2.25. The number of nitrogens with two attached hydrogens (primary N) is 1. The van der Waals surface area contributed by atoms with Gasteiger partial charge in [-0.25, -0.2) is 0 Å². The fourth-order valence-electron chi connectivity index (χ4n) is 1.25. The summed E-state index contributed by atoms with van der Waals surface area (Å²) in [5.74, 6) is 0. The molecule has 0 unspecified atom stereocenters. The van der Waals surface area contributed by atoms with Gasteiger partial charge in [-0.2, -0.15) is 0 Å². The van der Waals surface area contributed by atoms with E-state index < -0.39 is 0 Å². The molecule has 2 nitrogen and oxygen atoms in total. The van der Waals surface area contributed by atoms with Crippen molar-refractivity contribution >= 4 is 28.9 Å². The van der Waals surface area contributed by atoms with E-state index in [1.807, 2.05) is 12.1 Å². The van der Waals surface area contributed by atoms with E-state index in [2.05, 4.69) is 19.2 Å². The van der Waals surface area contributed by atoms with Crippen LogP contribution in [0.4, 0.5) is 5.69 Å². The second-order valence-electron chi connectivity index (χ2n) is 4.67. The molecule has 1 aromatic rings. The van der Waals surface area contributed by atoms with Crippen molar-refractivity contribution in [3.8, 4) is 0 Å². The average Bonchev–Trinajstić information content (AvgIpc) is 2.23. The topological polar surface area (TPSA) is 38.0 Å². The molecule has 0 aliphatic rings. The minimum Gasteiger partial charge on any atom is -0.385 e. The third-order valence-electron chi connectivity index (χ3n) is 2.60. The van der Waals surface area contributed by atoms with Gasteiger partial charge in [0.25, 0.3) is 0 Å². The van der Waals surface area contributed by atoms with E-state index in [-0.39, 0.29) is 5.41 Å². The Kier molecular flexibility index (Phi) is 4.90. The van der Waals surface area contributed by atoms with Crippen LogP contribution in [-0.4, -0.2) is 13.1 Å². The highest BCUT2D eigenvalue weighted by molar-refractivity contribution is 6.42. The van der Waals surface area contributed by atoms with E-state index in [1.165, 1.54) is 0 Å². The normalized spacial score (nSPS) is 11.6. The van der Waals surface area contributed by atoms with Gasteiger partial charge in [0, 0.05) is 12.2 Å². The highest BCUT2D eigenvalue weighted by atomic mass is 35.5. The minimum atomic E-state index is 0.170. The minimum absolute atomic E-state index is 0.170. The molecular weight excluding hydrogens is 243 g/mol. The van der Waals surface area contributed by atoms with Crippen molar-refractivity contribution in [3.63, 3.8) is 0 Å². The van der Waals surface area contributed by atoms with E-state index in [1.54, 1.807) is 6.07 Å². The maximum Gasteiger partial charge on any atom is 0.0612 e. The SMILES string of the molecule is CC(C)(CN)CCNc1ccc(Cl)c(Cl)c1. The second kappa shape index (κ2) is 5.76. The molecule has 0 radical (unpaired) electrons. The first-order valence-corrected chi connectivity index (χ1v) is 6.09. The Labute approximate surface area is 107 Å². The van der Waals surface area contributed by atoms with Crippen molar-refractivity contribution in [2.24, 2.45) is 11.1 Å². The molecule has 0 saturated heterocycles. The van der Waals surface area contributed by atoms with Gasteiger partial charge in [-0.05, 0) is 36.6 Å². The van der Waals surface area contributed by atoms with Crippen molar-refractivity contribution in [3.05, 3.63) is 28.2 Å². The maximum atomic E-state index is 5.92. The van der Waals surface area contributed by atoms with Crippen LogP contribution in [0.3, 0.4) is 0 Å². The molecule has 0 aromatic heterocycles. The van der Waals surface area contributed by atoms with Gasteiger partial charge >= 0.3 is 0 Å². The monoisotopic (exact) mass is 260 g/mol. The summed E-state index contributed by atoms with van der Waals surface area (Å²) in [6.45, 7) is 5.88. The molecule has 3 N–H and O–H groups in total. The van der Waals surface area contributed by atoms with Crippen LogP contribution in [0.15, 0.2) is 18.2 Å². The Morgan fingerprint density at radius 3 is 2.50 bits per heavy atom. The Morgan fingerprint density at radius 1 is 1.25 bits per heavy atom. The van der Waals surface area contributed by atoms with E-state index in [0.717, 1.165) is 18.7 Å². The summed E-state index contributed by atoms with van der Waals surface area (Å²) in [4.78, 5) is 0. The molecule has 0 heterocycles. The highest BCUT2D eigenvalue weighted by Gasteiger charge is 2.14. The van der Waals surface area contributed by atoms with Gasteiger partial charge in [0.1, 0.15) is 0 Å². The van der Waals surface area contributed by atoms with Gasteiger partial charge in [0.15, 0.2) is 0 Å². The zero-order valence-corrected chi connectivity index (χ0v) is 11.2. The van der Waals surface area contributed by atoms with Crippen molar-refractivity contribution < 1.29 is 0 Å². The first kappa shape index (κ1) is 13.6. The summed E-state index contributed by atoms with van der Waals surface area (Å²) in [7, 11) is 0. The largest absolute Gasteiger partial charge is 0.385 e. The zero-order valence-electron chi connectivity index (χ0n) is 9.69. The lowest BCUT2D eigenvalue weighted by Gasteiger charge is -2.22. The summed E-state index contributed by atoms with van der Waals surface area (Å²) < 4.78 is 0. The number of rotatable bonds is 5. The standard InChI is InChI=1S/C12H18Cl2N2/c1-12(2,8-15)5-6-16-9-3-4-10(13)11(14)7-9/h3-4,7,16H,5-6,8,15H2,1-2H3. The lowest BCUT2D eigenvalue weighted by atomic mass is 9.90. The van der Waals surface area contributed by atoms with Crippen LogP contribution in [-0.2, 0) is 0 Å². The number of anilines is 1. The molecule has 4 heteroatoms. The summed E-state index contributed by atoms with van der Waals surface area (Å²) in [5, 5.41) is 4.46. The van der Waals surface area contributed by atoms with Crippen LogP contribution in [0.1, 0.15) is 20.3 Å². The van der Waals surface area contributed by atoms with Gasteiger partial charge in [-0.15, -0.1) is 0 Å². The van der Waals surface area contributed by atoms with Crippen LogP contribution in [0.25, 0.3) is 0 Å². The van der Waals surface area contributed by atoms with Crippen LogP contribution in [0.2, 0.25) is 10.0 Å². The molecule has 90 valence electrons. The van der Waals surface area contributed by atoms with Gasteiger partial charge in [0.2, 0.25) is 0 Å². The number of benzene rings is 1. The van der Waals surface area contributed by atoms with Crippen molar-refractivity contribution in [2.45, 2.75) is 20.3 Å². The third-order valence-corrected chi connectivity index (χ3v) is 3.34. The number of hydrogen-bond donors (Lipinski definition) is 2. The smallest absolute Gasteiger partial charge is 0.0612 e. The Balaban J connectivity index is 2.46. The summed E-state index contributed by atoms with van der Waals surface area (Å²) >= 11 is 11.8. The zero-order chi connectivity index (χ0) is 12.2. The van der Waals surface area contributed by atoms with Gasteiger partial charge in [-0.1, -0.05) is 37.0 Å². The number of hydrogen-bond acceptors (Lipinski definition) is 2. The van der Waals surface area contributed by atoms with E-state index in [4.69, 9.17) is 28.9 Å².